The number of hydrogen-bond acceptors (Lipinski definition) is 2. The highest BCUT2D eigenvalue weighted by Gasteiger charge is 2.09. The molecule has 0 aromatic heterocycles. The van der Waals surface area contributed by atoms with Gasteiger partial charge in [-0.2, -0.15) is 0 Å². The zero-order chi connectivity index (χ0) is 12.9. The molecule has 0 saturated heterocycles. The second-order valence-corrected chi connectivity index (χ2v) is 5.93. The highest BCUT2D eigenvalue weighted by molar-refractivity contribution is 9.10. The van der Waals surface area contributed by atoms with E-state index in [1.165, 1.54) is 0 Å². The van der Waals surface area contributed by atoms with Gasteiger partial charge in [-0.05, 0) is 24.3 Å². The van der Waals surface area contributed by atoms with Crippen LogP contribution in [0.5, 0.6) is 0 Å². The second kappa shape index (κ2) is 6.17. The van der Waals surface area contributed by atoms with Gasteiger partial charge in [0, 0.05) is 10.9 Å². The molecule has 1 rings (SSSR count). The third-order valence-electron chi connectivity index (χ3n) is 2.29. The fourth-order valence-corrected chi connectivity index (χ4v) is 1.64. The predicted molar refractivity (Wildman–Crippen MR) is 71.9 cm³/mol. The molecule has 1 aromatic rings. The van der Waals surface area contributed by atoms with Crippen molar-refractivity contribution in [3.8, 4) is 0 Å². The van der Waals surface area contributed by atoms with Gasteiger partial charge in [-0.15, -0.1) is 0 Å². The number of rotatable bonds is 5. The summed E-state index contributed by atoms with van der Waals surface area (Å²) in [4.78, 5) is 11.6. The molecule has 3 nitrogen and oxygen atoms in total. The van der Waals surface area contributed by atoms with E-state index in [0.717, 1.165) is 21.9 Å². The zero-order valence-electron chi connectivity index (χ0n) is 10.6. The molecule has 0 amide bonds. The van der Waals surface area contributed by atoms with Gasteiger partial charge in [0.05, 0.1) is 39.9 Å². The Balaban J connectivity index is 2.33. The van der Waals surface area contributed by atoms with E-state index >= 15 is 0 Å². The topological polar surface area (TPSA) is 26.3 Å². The Morgan fingerprint density at radius 3 is 2.35 bits per heavy atom. The molecule has 0 spiro atoms. The van der Waals surface area contributed by atoms with E-state index in [2.05, 4.69) is 37.1 Å². The van der Waals surface area contributed by atoms with Gasteiger partial charge in [0.1, 0.15) is 0 Å². The van der Waals surface area contributed by atoms with Crippen LogP contribution in [0.15, 0.2) is 28.7 Å². The lowest BCUT2D eigenvalue weighted by Crippen LogP contribution is -2.35. The molecule has 4 heteroatoms. The van der Waals surface area contributed by atoms with Crippen LogP contribution in [0.2, 0.25) is 0 Å². The van der Waals surface area contributed by atoms with E-state index in [1.54, 1.807) is 12.1 Å². The first kappa shape index (κ1) is 14.2. The number of carbonyl (C=O) groups excluding carboxylic acids is 1. The van der Waals surface area contributed by atoms with Crippen LogP contribution in [0.3, 0.4) is 0 Å². The first-order chi connectivity index (χ1) is 7.88. The summed E-state index contributed by atoms with van der Waals surface area (Å²) in [6.45, 7) is 1.47. The minimum atomic E-state index is -0.251. The molecule has 0 aliphatic heterocycles. The van der Waals surface area contributed by atoms with E-state index in [4.69, 9.17) is 4.74 Å². The van der Waals surface area contributed by atoms with Crippen molar-refractivity contribution < 1.29 is 14.0 Å². The van der Waals surface area contributed by atoms with Crippen LogP contribution in [-0.4, -0.2) is 44.7 Å². The van der Waals surface area contributed by atoms with Crippen molar-refractivity contribution in [1.82, 2.24) is 0 Å². The van der Waals surface area contributed by atoms with E-state index in [1.807, 2.05) is 12.1 Å². The highest BCUT2D eigenvalue weighted by atomic mass is 79.9. The summed E-state index contributed by atoms with van der Waals surface area (Å²) in [6.07, 6.45) is 0.881. The summed E-state index contributed by atoms with van der Waals surface area (Å²) < 4.78 is 7.04. The van der Waals surface area contributed by atoms with Crippen LogP contribution >= 0.6 is 15.9 Å². The normalized spacial score (nSPS) is 11.3. The average Bonchev–Trinajstić information content (AvgIpc) is 2.24. The Kier molecular flexibility index (Phi) is 5.15. The Morgan fingerprint density at radius 1 is 1.24 bits per heavy atom. The molecule has 0 saturated carbocycles. The third-order valence-corrected chi connectivity index (χ3v) is 2.82. The molecule has 0 bridgehead atoms. The van der Waals surface area contributed by atoms with Gasteiger partial charge in [-0.25, -0.2) is 4.79 Å². The molecule has 0 N–H and O–H groups in total. The van der Waals surface area contributed by atoms with E-state index < -0.39 is 0 Å². The van der Waals surface area contributed by atoms with Crippen molar-refractivity contribution in [2.24, 2.45) is 0 Å². The van der Waals surface area contributed by atoms with Gasteiger partial charge >= 0.3 is 5.97 Å². The van der Waals surface area contributed by atoms with Crippen molar-refractivity contribution in [3.63, 3.8) is 0 Å². The van der Waals surface area contributed by atoms with Crippen molar-refractivity contribution in [2.45, 2.75) is 6.42 Å². The minimum absolute atomic E-state index is 0.251. The van der Waals surface area contributed by atoms with Gasteiger partial charge in [0.15, 0.2) is 0 Å². The monoisotopic (exact) mass is 300 g/mol. The quantitative estimate of drug-likeness (QED) is 0.475. The molecule has 0 unspecified atom stereocenters. The molecule has 17 heavy (non-hydrogen) atoms. The number of halogens is 1. The van der Waals surface area contributed by atoms with Crippen LogP contribution in [-0.2, 0) is 4.74 Å². The number of esters is 1. The number of nitrogens with zero attached hydrogens (tertiary/aromatic N) is 1. The fraction of sp³-hybridized carbons (Fsp3) is 0.462. The first-order valence-corrected chi connectivity index (χ1v) is 6.41. The Bertz CT molecular complexity index is 368. The molecular formula is C13H19BrNO2+. The zero-order valence-corrected chi connectivity index (χ0v) is 12.2. The van der Waals surface area contributed by atoms with Crippen LogP contribution in [0.4, 0.5) is 0 Å². The van der Waals surface area contributed by atoms with Crippen LogP contribution in [0, 0.1) is 0 Å². The summed E-state index contributed by atoms with van der Waals surface area (Å²) in [5.41, 5.74) is 0.596. The number of quaternary nitrogens is 1. The maximum Gasteiger partial charge on any atom is 0.338 e. The summed E-state index contributed by atoms with van der Waals surface area (Å²) in [6, 6.07) is 7.18. The lowest BCUT2D eigenvalue weighted by Gasteiger charge is -2.23. The van der Waals surface area contributed by atoms with Crippen LogP contribution in [0.1, 0.15) is 16.8 Å². The molecule has 0 fully saturated rings. The van der Waals surface area contributed by atoms with Crippen LogP contribution in [0.25, 0.3) is 0 Å². The number of ether oxygens (including phenoxy) is 1. The van der Waals surface area contributed by atoms with Gasteiger partial charge < -0.3 is 9.22 Å². The molecule has 0 radical (unpaired) electrons. The summed E-state index contributed by atoms with van der Waals surface area (Å²) in [5.74, 6) is -0.251. The third kappa shape index (κ3) is 5.84. The lowest BCUT2D eigenvalue weighted by atomic mass is 10.2. The molecule has 0 heterocycles. The Hall–Kier alpha value is -0.870. The lowest BCUT2D eigenvalue weighted by molar-refractivity contribution is -0.870. The van der Waals surface area contributed by atoms with Crippen LogP contribution < -0.4 is 0 Å². The molecule has 0 atom stereocenters. The van der Waals surface area contributed by atoms with Crippen molar-refractivity contribution in [3.05, 3.63) is 34.3 Å². The van der Waals surface area contributed by atoms with Crippen molar-refractivity contribution in [2.75, 3.05) is 34.3 Å². The molecule has 94 valence electrons. The molecule has 1 aromatic carbocycles. The highest BCUT2D eigenvalue weighted by Crippen LogP contribution is 2.11. The van der Waals surface area contributed by atoms with E-state index in [0.29, 0.717) is 12.2 Å². The number of benzene rings is 1. The number of hydrogen-bond donors (Lipinski definition) is 0. The first-order valence-electron chi connectivity index (χ1n) is 5.62. The molecule has 0 aliphatic carbocycles. The molecular weight excluding hydrogens is 282 g/mol. The van der Waals surface area contributed by atoms with Gasteiger partial charge in [0.2, 0.25) is 0 Å². The SMILES string of the molecule is C[N+](C)(C)CCCOC(=O)c1ccc(Br)cc1. The van der Waals surface area contributed by atoms with Gasteiger partial charge in [-0.3, -0.25) is 0 Å². The minimum Gasteiger partial charge on any atom is -0.462 e. The Labute approximate surface area is 111 Å². The predicted octanol–water partition coefficient (Wildman–Crippen LogP) is 2.70. The standard InChI is InChI=1S/C13H19BrNO2/c1-15(2,3)9-4-10-17-13(16)11-5-7-12(14)8-6-11/h5-8H,4,9-10H2,1-3H3/q+1. The maximum atomic E-state index is 11.6. The summed E-state index contributed by atoms with van der Waals surface area (Å²) in [7, 11) is 6.36. The summed E-state index contributed by atoms with van der Waals surface area (Å²) >= 11 is 3.33. The van der Waals surface area contributed by atoms with E-state index in [-0.39, 0.29) is 5.97 Å². The second-order valence-electron chi connectivity index (χ2n) is 5.01. The largest absolute Gasteiger partial charge is 0.462 e. The summed E-state index contributed by atoms with van der Waals surface area (Å²) in [5, 5.41) is 0. The van der Waals surface area contributed by atoms with Crippen molar-refractivity contribution >= 4 is 21.9 Å². The molecule has 0 aliphatic rings. The smallest absolute Gasteiger partial charge is 0.338 e. The van der Waals surface area contributed by atoms with Gasteiger partial charge in [-0.1, -0.05) is 15.9 Å². The maximum absolute atomic E-state index is 11.6. The van der Waals surface area contributed by atoms with Crippen molar-refractivity contribution in [1.29, 1.82) is 0 Å². The van der Waals surface area contributed by atoms with Gasteiger partial charge in [0.25, 0.3) is 0 Å². The Morgan fingerprint density at radius 2 is 1.82 bits per heavy atom. The average molecular weight is 301 g/mol. The van der Waals surface area contributed by atoms with E-state index in [9.17, 15) is 4.79 Å². The number of carbonyl (C=O) groups is 1. The fourth-order valence-electron chi connectivity index (χ4n) is 1.37.